The number of carbonyl (C=O) groups excluding carboxylic acids is 1. The molecule has 0 saturated carbocycles. The van der Waals surface area contributed by atoms with Gasteiger partial charge in [0.15, 0.2) is 5.60 Å². The molecule has 0 bridgehead atoms. The Morgan fingerprint density at radius 1 is 1.16 bits per heavy atom. The Morgan fingerprint density at radius 2 is 1.92 bits per heavy atom. The fraction of sp³-hybridized carbons (Fsp3) is 0.370. The molecule has 3 aromatic heterocycles. The van der Waals surface area contributed by atoms with Crippen molar-refractivity contribution in [2.24, 2.45) is 5.73 Å². The third-order valence-corrected chi connectivity index (χ3v) is 7.99. The molecule has 6 rings (SSSR count). The van der Waals surface area contributed by atoms with E-state index >= 15 is 0 Å². The minimum atomic E-state index is -1.89. The third kappa shape index (κ3) is 3.29. The molecular weight excluding hydrogens is 488 g/mol. The van der Waals surface area contributed by atoms with Gasteiger partial charge >= 0.3 is 5.97 Å². The lowest BCUT2D eigenvalue weighted by Crippen LogP contribution is -2.44. The predicted octanol–water partition coefficient (Wildman–Crippen LogP) is 1.29. The number of fused-ring (bicyclic) bond motifs is 5. The van der Waals surface area contributed by atoms with Gasteiger partial charge in [-0.1, -0.05) is 12.1 Å². The summed E-state index contributed by atoms with van der Waals surface area (Å²) in [6.45, 7) is 5.96. The summed E-state index contributed by atoms with van der Waals surface area (Å²) in [7, 11) is 0. The largest absolute Gasteiger partial charge is 0.458 e. The van der Waals surface area contributed by atoms with Crippen LogP contribution in [0.3, 0.4) is 0 Å². The Balaban J connectivity index is 1.63. The van der Waals surface area contributed by atoms with Crippen molar-refractivity contribution in [3.05, 3.63) is 73.3 Å². The summed E-state index contributed by atoms with van der Waals surface area (Å²) in [5.41, 5.74) is 11.0. The molecule has 0 saturated heterocycles. The summed E-state index contributed by atoms with van der Waals surface area (Å²) in [4.78, 5) is 31.1. The minimum absolute atomic E-state index is 0.0726. The van der Waals surface area contributed by atoms with Gasteiger partial charge in [-0.05, 0) is 55.2 Å². The van der Waals surface area contributed by atoms with Crippen LogP contribution in [0, 0.1) is 13.8 Å². The van der Waals surface area contributed by atoms with Gasteiger partial charge < -0.3 is 25.3 Å². The van der Waals surface area contributed by atoms with Crippen LogP contribution >= 0.6 is 0 Å². The fourth-order valence-electron chi connectivity index (χ4n) is 5.58. The number of carbonyl (C=O) groups is 1. The molecule has 2 aliphatic heterocycles. The molecule has 0 radical (unpaired) electrons. The minimum Gasteiger partial charge on any atom is -0.458 e. The van der Waals surface area contributed by atoms with Crippen LogP contribution in [-0.2, 0) is 48.0 Å². The molecule has 0 amide bonds. The van der Waals surface area contributed by atoms with Crippen LogP contribution in [-0.4, -0.2) is 40.7 Å². The highest BCUT2D eigenvalue weighted by molar-refractivity contribution is 5.90. The zero-order valence-electron chi connectivity index (χ0n) is 21.4. The highest BCUT2D eigenvalue weighted by Crippen LogP contribution is 2.40. The number of rotatable bonds is 5. The Bertz CT molecular complexity index is 1720. The van der Waals surface area contributed by atoms with Crippen molar-refractivity contribution in [3.8, 4) is 11.4 Å². The lowest BCUT2D eigenvalue weighted by molar-refractivity contribution is -0.172. The molecule has 0 fully saturated rings. The third-order valence-electron chi connectivity index (χ3n) is 7.99. The van der Waals surface area contributed by atoms with Crippen LogP contribution in [0.5, 0.6) is 0 Å². The van der Waals surface area contributed by atoms with Crippen molar-refractivity contribution < 1.29 is 19.7 Å². The first kappa shape index (κ1) is 24.4. The number of esters is 1. The highest BCUT2D eigenvalue weighted by atomic mass is 16.6. The van der Waals surface area contributed by atoms with E-state index in [1.54, 1.807) is 22.2 Å². The Morgan fingerprint density at radius 3 is 2.63 bits per heavy atom. The molecule has 4 aromatic rings. The van der Waals surface area contributed by atoms with E-state index in [1.165, 1.54) is 0 Å². The number of hydrogen-bond donors (Lipinski definition) is 3. The number of benzene rings is 1. The van der Waals surface area contributed by atoms with Gasteiger partial charge in [0.1, 0.15) is 12.3 Å². The second-order valence-corrected chi connectivity index (χ2v) is 9.98. The summed E-state index contributed by atoms with van der Waals surface area (Å²) < 4.78 is 8.44. The van der Waals surface area contributed by atoms with Crippen molar-refractivity contribution in [2.75, 3.05) is 0 Å². The van der Waals surface area contributed by atoms with Crippen molar-refractivity contribution in [3.63, 3.8) is 0 Å². The first-order valence-electron chi connectivity index (χ1n) is 12.5. The molecule has 4 N–H and O–H groups in total. The summed E-state index contributed by atoms with van der Waals surface area (Å²) in [6, 6.07) is 5.79. The maximum Gasteiger partial charge on any atom is 0.343 e. The monoisotopic (exact) mass is 516 g/mol. The Labute approximate surface area is 217 Å². The molecule has 0 unspecified atom stereocenters. The topological polar surface area (TPSA) is 158 Å². The van der Waals surface area contributed by atoms with Gasteiger partial charge in [0, 0.05) is 23.1 Å². The number of pyridine rings is 2. The molecular formula is C27H28N6O5. The van der Waals surface area contributed by atoms with Crippen molar-refractivity contribution in [1.82, 2.24) is 24.5 Å². The summed E-state index contributed by atoms with van der Waals surface area (Å²) >= 11 is 0. The molecule has 196 valence electrons. The first-order valence-corrected chi connectivity index (χ1v) is 12.5. The number of nitrogens with two attached hydrogens (primary N) is 1. The number of nitrogens with zero attached hydrogens (tertiary/aromatic N) is 5. The zero-order valence-corrected chi connectivity index (χ0v) is 21.4. The first-order chi connectivity index (χ1) is 18.2. The van der Waals surface area contributed by atoms with Gasteiger partial charge in [0.2, 0.25) is 0 Å². The van der Waals surface area contributed by atoms with Gasteiger partial charge in [-0.2, -0.15) is 0 Å². The summed E-state index contributed by atoms with van der Waals surface area (Å²) in [5, 5.41) is 30.5. The van der Waals surface area contributed by atoms with Crippen LogP contribution in [0.2, 0.25) is 0 Å². The average molecular weight is 517 g/mol. The number of aliphatic hydroxyl groups is 2. The molecule has 11 nitrogen and oxygen atoms in total. The number of aliphatic hydroxyl groups excluding tert-OH is 1. The number of aromatic nitrogens is 5. The van der Waals surface area contributed by atoms with Crippen LogP contribution in [0.1, 0.15) is 58.1 Å². The number of cyclic esters (lactones) is 1. The van der Waals surface area contributed by atoms with Gasteiger partial charge in [-0.25, -0.2) is 14.5 Å². The van der Waals surface area contributed by atoms with E-state index in [1.807, 2.05) is 19.9 Å². The summed E-state index contributed by atoms with van der Waals surface area (Å²) in [5.74, 6) is -0.758. The predicted molar refractivity (Wildman–Crippen MR) is 137 cm³/mol. The van der Waals surface area contributed by atoms with Crippen molar-refractivity contribution in [2.45, 2.75) is 65.6 Å². The number of hydrogen-bond acceptors (Lipinski definition) is 9. The number of ether oxygens (including phenoxy) is 1. The smallest absolute Gasteiger partial charge is 0.343 e. The van der Waals surface area contributed by atoms with Gasteiger partial charge in [-0.15, -0.1) is 5.10 Å². The standard InChI is InChI=1S/C27H28N6O5/c1-4-27(37)19-7-22-24-17(9-32(22)25(35)18(19)12-38-26(27)36)16(10-33-23(11-34)21(8-28)30-31-33)15-5-13(2)14(3)6-20(15)29-24/h5-7,34,37H,4,8-12,28H2,1-3H3/t27-/m0/s1. The second-order valence-electron chi connectivity index (χ2n) is 9.98. The molecule has 1 atom stereocenters. The van der Waals surface area contributed by atoms with E-state index in [-0.39, 0.29) is 56.0 Å². The average Bonchev–Trinajstić information content (AvgIpc) is 3.48. The maximum absolute atomic E-state index is 13.7. The zero-order chi connectivity index (χ0) is 26.9. The second kappa shape index (κ2) is 8.55. The van der Waals surface area contributed by atoms with E-state index in [9.17, 15) is 19.8 Å². The lowest BCUT2D eigenvalue weighted by Gasteiger charge is -2.31. The van der Waals surface area contributed by atoms with E-state index in [0.717, 1.165) is 33.2 Å². The van der Waals surface area contributed by atoms with E-state index < -0.39 is 11.6 Å². The van der Waals surface area contributed by atoms with Crippen molar-refractivity contribution >= 4 is 16.9 Å². The van der Waals surface area contributed by atoms with Crippen LogP contribution < -0.4 is 11.3 Å². The van der Waals surface area contributed by atoms with Crippen molar-refractivity contribution in [1.29, 1.82) is 0 Å². The number of aryl methyl sites for hydroxylation is 2. The molecule has 0 spiro atoms. The maximum atomic E-state index is 13.7. The van der Waals surface area contributed by atoms with Crippen LogP contribution in [0.4, 0.5) is 0 Å². The molecule has 38 heavy (non-hydrogen) atoms. The molecule has 0 aliphatic carbocycles. The van der Waals surface area contributed by atoms with Crippen LogP contribution in [0.15, 0.2) is 23.0 Å². The molecule has 11 heteroatoms. The fourth-order valence-corrected chi connectivity index (χ4v) is 5.58. The van der Waals surface area contributed by atoms with Gasteiger partial charge in [-0.3, -0.25) is 4.79 Å². The van der Waals surface area contributed by atoms with E-state index in [0.29, 0.717) is 22.8 Å². The normalized spacial score (nSPS) is 17.9. The SMILES string of the molecule is CC[C@@]1(O)C(=O)OCc2c1cc1n(c2=O)Cc2c-1nc1cc(C)c(C)cc1c2Cn1nnc(CN)c1CO. The van der Waals surface area contributed by atoms with E-state index in [2.05, 4.69) is 16.4 Å². The Kier molecular flexibility index (Phi) is 5.49. The lowest BCUT2D eigenvalue weighted by atomic mass is 9.86. The molecule has 1 aromatic carbocycles. The van der Waals surface area contributed by atoms with E-state index in [4.69, 9.17) is 15.5 Å². The quantitative estimate of drug-likeness (QED) is 0.293. The molecule has 2 aliphatic rings. The summed E-state index contributed by atoms with van der Waals surface area (Å²) in [6.07, 6.45) is 0.0726. The highest BCUT2D eigenvalue weighted by Gasteiger charge is 2.45. The Hall–Kier alpha value is -3.93. The van der Waals surface area contributed by atoms with Gasteiger partial charge in [0.25, 0.3) is 5.56 Å². The van der Waals surface area contributed by atoms with Crippen LogP contribution in [0.25, 0.3) is 22.3 Å². The van der Waals surface area contributed by atoms with Gasteiger partial charge in [0.05, 0.1) is 47.9 Å². The molecule has 5 heterocycles.